The molecule has 0 spiro atoms. The van der Waals surface area contributed by atoms with Gasteiger partial charge in [0, 0.05) is 24.7 Å². The van der Waals surface area contributed by atoms with Crippen molar-refractivity contribution >= 4 is 11.8 Å². The van der Waals surface area contributed by atoms with Crippen molar-refractivity contribution in [3.63, 3.8) is 0 Å². The molecule has 3 heteroatoms. The van der Waals surface area contributed by atoms with E-state index in [9.17, 15) is 9.59 Å². The first-order valence-electron chi connectivity index (χ1n) is 14.9. The molecule has 0 aliphatic heterocycles. The summed E-state index contributed by atoms with van der Waals surface area (Å²) in [6, 6.07) is 0. The molecule has 4 aliphatic carbocycles. The molecule has 4 rings (SSSR count). The number of ketones is 1. The highest BCUT2D eigenvalue weighted by molar-refractivity contribution is 5.84. The van der Waals surface area contributed by atoms with Gasteiger partial charge in [-0.3, -0.25) is 9.59 Å². The maximum Gasteiger partial charge on any atom is 0.302 e. The summed E-state index contributed by atoms with van der Waals surface area (Å²) in [5.41, 5.74) is 0.323. The van der Waals surface area contributed by atoms with Crippen molar-refractivity contribution in [1.82, 2.24) is 0 Å². The van der Waals surface area contributed by atoms with Crippen LogP contribution in [0.3, 0.4) is 0 Å². The largest absolute Gasteiger partial charge is 0.462 e. The number of esters is 1. The van der Waals surface area contributed by atoms with Crippen molar-refractivity contribution in [1.29, 1.82) is 0 Å². The molecule has 4 fully saturated rings. The number of fused-ring (bicyclic) bond motifs is 5. The van der Waals surface area contributed by atoms with Gasteiger partial charge < -0.3 is 4.74 Å². The molecule has 0 amide bonds. The van der Waals surface area contributed by atoms with E-state index in [-0.39, 0.29) is 39.7 Å². The van der Waals surface area contributed by atoms with Crippen molar-refractivity contribution in [3.05, 3.63) is 0 Å². The van der Waals surface area contributed by atoms with Gasteiger partial charge in [0.1, 0.15) is 11.9 Å². The number of hydrogen-bond acceptors (Lipinski definition) is 3. The molecule has 0 bridgehead atoms. The Hall–Kier alpha value is -0.860. The van der Waals surface area contributed by atoms with Crippen molar-refractivity contribution in [2.45, 2.75) is 133 Å². The number of carbonyl (C=O) groups excluding carboxylic acids is 2. The highest BCUT2D eigenvalue weighted by Gasteiger charge is 2.70. The summed E-state index contributed by atoms with van der Waals surface area (Å²) in [5.74, 6) is 3.65. The second-order valence-corrected chi connectivity index (χ2v) is 15.1. The number of rotatable bonds is 6. The van der Waals surface area contributed by atoms with E-state index in [1.165, 1.54) is 39.0 Å². The Morgan fingerprint density at radius 1 is 0.943 bits per heavy atom. The lowest BCUT2D eigenvalue weighted by molar-refractivity contribution is -0.207. The zero-order valence-corrected chi connectivity index (χ0v) is 24.3. The van der Waals surface area contributed by atoms with E-state index in [0.717, 1.165) is 38.0 Å². The molecule has 1 unspecified atom stereocenters. The molecule has 4 aliphatic rings. The smallest absolute Gasteiger partial charge is 0.302 e. The molecule has 0 heterocycles. The van der Waals surface area contributed by atoms with E-state index >= 15 is 0 Å². The van der Waals surface area contributed by atoms with E-state index < -0.39 is 0 Å². The van der Waals surface area contributed by atoms with E-state index in [1.54, 1.807) is 0 Å². The van der Waals surface area contributed by atoms with E-state index in [1.807, 2.05) is 0 Å². The third-order valence-corrected chi connectivity index (χ3v) is 12.6. The fraction of sp³-hybridized carbons (Fsp3) is 0.938. The van der Waals surface area contributed by atoms with Crippen LogP contribution in [0.15, 0.2) is 0 Å². The van der Waals surface area contributed by atoms with Gasteiger partial charge in [0.2, 0.25) is 0 Å². The molecule has 0 N–H and O–H groups in total. The van der Waals surface area contributed by atoms with Crippen LogP contribution in [0.25, 0.3) is 0 Å². The summed E-state index contributed by atoms with van der Waals surface area (Å²) < 4.78 is 5.83. The lowest BCUT2D eigenvalue weighted by Crippen LogP contribution is -2.64. The maximum absolute atomic E-state index is 14.2. The zero-order valence-electron chi connectivity index (χ0n) is 24.3. The van der Waals surface area contributed by atoms with Gasteiger partial charge in [0.25, 0.3) is 0 Å². The first-order chi connectivity index (χ1) is 16.2. The summed E-state index contributed by atoms with van der Waals surface area (Å²) in [6.07, 6.45) is 11.5. The van der Waals surface area contributed by atoms with Crippen molar-refractivity contribution in [3.8, 4) is 0 Å². The first kappa shape index (κ1) is 27.2. The Kier molecular flexibility index (Phi) is 7.11. The zero-order chi connectivity index (χ0) is 26.0. The van der Waals surface area contributed by atoms with Crippen LogP contribution in [0.5, 0.6) is 0 Å². The van der Waals surface area contributed by atoms with Crippen molar-refractivity contribution in [2.24, 2.45) is 57.2 Å². The Bertz CT molecular complexity index is 829. The van der Waals surface area contributed by atoms with Crippen LogP contribution in [0, 0.1) is 57.2 Å². The average molecular weight is 487 g/mol. The van der Waals surface area contributed by atoms with E-state index in [4.69, 9.17) is 4.74 Å². The topological polar surface area (TPSA) is 43.4 Å². The standard InChI is InChI=1S/C32H54O3/c1-20(2)11-10-12-21(3)23-15-18-31(8)24-13-14-26-29(5,6)27(35-22(4)33)16-17-30(26,7)28(24)25(34)19-32(23,31)9/h20-21,23-24,26-28H,10-19H2,1-9H3/t21-,23-,24-,26+,27?,28-,30+,31+,32-/m1/s1. The van der Waals surface area contributed by atoms with Gasteiger partial charge in [-0.2, -0.15) is 0 Å². The summed E-state index contributed by atoms with van der Waals surface area (Å²) in [4.78, 5) is 26.1. The molecule has 0 radical (unpaired) electrons. The summed E-state index contributed by atoms with van der Waals surface area (Å²) >= 11 is 0. The van der Waals surface area contributed by atoms with Crippen LogP contribution < -0.4 is 0 Å². The molecular weight excluding hydrogens is 432 g/mol. The second kappa shape index (κ2) is 9.16. The quantitative estimate of drug-likeness (QED) is 0.355. The minimum absolute atomic E-state index is 0.0193. The second-order valence-electron chi connectivity index (χ2n) is 15.1. The summed E-state index contributed by atoms with van der Waals surface area (Å²) in [7, 11) is 0. The van der Waals surface area contributed by atoms with Crippen LogP contribution in [-0.2, 0) is 14.3 Å². The van der Waals surface area contributed by atoms with Gasteiger partial charge in [-0.05, 0) is 84.4 Å². The van der Waals surface area contributed by atoms with E-state index in [2.05, 4.69) is 55.4 Å². The molecule has 200 valence electrons. The molecule has 9 atom stereocenters. The fourth-order valence-electron chi connectivity index (χ4n) is 10.7. The third kappa shape index (κ3) is 4.14. The highest BCUT2D eigenvalue weighted by atomic mass is 16.5. The van der Waals surface area contributed by atoms with Crippen LogP contribution in [0.1, 0.15) is 127 Å². The van der Waals surface area contributed by atoms with Gasteiger partial charge in [-0.1, -0.05) is 74.7 Å². The molecule has 35 heavy (non-hydrogen) atoms. The van der Waals surface area contributed by atoms with E-state index in [0.29, 0.717) is 29.5 Å². The molecule has 3 nitrogen and oxygen atoms in total. The Labute approximate surface area is 215 Å². The number of Topliss-reactive ketones (excluding diaryl/α,β-unsaturated/α-hetero) is 1. The molecule has 0 aromatic carbocycles. The summed E-state index contributed by atoms with van der Waals surface area (Å²) in [6.45, 7) is 20.8. The monoisotopic (exact) mass is 486 g/mol. The third-order valence-electron chi connectivity index (χ3n) is 12.6. The lowest BCUT2D eigenvalue weighted by atomic mass is 9.37. The Balaban J connectivity index is 1.60. The molecular formula is C32H54O3. The van der Waals surface area contributed by atoms with Gasteiger partial charge in [0.05, 0.1) is 0 Å². The minimum Gasteiger partial charge on any atom is -0.462 e. The first-order valence-corrected chi connectivity index (χ1v) is 14.9. The molecule has 0 aromatic rings. The predicted octanol–water partition coefficient (Wildman–Crippen LogP) is 8.24. The van der Waals surface area contributed by atoms with Gasteiger partial charge in [-0.15, -0.1) is 0 Å². The van der Waals surface area contributed by atoms with Crippen LogP contribution >= 0.6 is 0 Å². The molecule has 0 aromatic heterocycles. The van der Waals surface area contributed by atoms with Gasteiger partial charge in [0.15, 0.2) is 0 Å². The van der Waals surface area contributed by atoms with Crippen LogP contribution in [0.4, 0.5) is 0 Å². The molecule has 0 saturated heterocycles. The Morgan fingerprint density at radius 3 is 2.26 bits per heavy atom. The van der Waals surface area contributed by atoms with Crippen molar-refractivity contribution in [2.75, 3.05) is 0 Å². The highest BCUT2D eigenvalue weighted by Crippen LogP contribution is 2.74. The lowest BCUT2D eigenvalue weighted by Gasteiger charge is -2.66. The van der Waals surface area contributed by atoms with Crippen LogP contribution in [-0.4, -0.2) is 17.9 Å². The van der Waals surface area contributed by atoms with Crippen LogP contribution in [0.2, 0.25) is 0 Å². The SMILES string of the molecule is CC(=O)OC1CC[C@]2(C)[C@H]3C(=O)C[C@]4(C)[C@@H]([C@H](C)CCCC(C)C)CC[C@@]4(C)[C@@H]3CC[C@H]2C1(C)C. The fourth-order valence-corrected chi connectivity index (χ4v) is 10.7. The van der Waals surface area contributed by atoms with Crippen molar-refractivity contribution < 1.29 is 14.3 Å². The number of carbonyl (C=O) groups is 2. The van der Waals surface area contributed by atoms with Gasteiger partial charge >= 0.3 is 5.97 Å². The Morgan fingerprint density at radius 2 is 1.63 bits per heavy atom. The number of hydrogen-bond donors (Lipinski definition) is 0. The minimum atomic E-state index is -0.170. The predicted molar refractivity (Wildman–Crippen MR) is 143 cm³/mol. The van der Waals surface area contributed by atoms with Gasteiger partial charge in [-0.25, -0.2) is 0 Å². The normalized spacial score (nSPS) is 45.4. The maximum atomic E-state index is 14.2. The summed E-state index contributed by atoms with van der Waals surface area (Å²) in [5, 5.41) is 0. The molecule has 4 saturated carbocycles. The number of ether oxygens (including phenoxy) is 1. The average Bonchev–Trinajstić information content (AvgIpc) is 3.00.